The zero-order valence-corrected chi connectivity index (χ0v) is 36.0. The minimum Gasteiger partial charge on any atom is -0.483 e. The monoisotopic (exact) mass is 846 g/mol. The third-order valence-electron chi connectivity index (χ3n) is 13.4. The van der Waals surface area contributed by atoms with Crippen molar-refractivity contribution in [1.29, 1.82) is 0 Å². The molecule has 0 saturated carbocycles. The second kappa shape index (κ2) is 15.6. The average molecular weight is 847 g/mol. The van der Waals surface area contributed by atoms with Crippen LogP contribution in [0.2, 0.25) is 0 Å². The standard InChI is InChI=1S/C62H42N2O2/c1-4-15-45(16-5-1)63(46-17-6-2-7-18-46)49-36-38-54-56(40-49)50-21-10-11-23-52(50)60-55-37-33-44(39-59(55)66-62(54)60)43-29-27-41(28-30-43)42-31-34-48(35-32-42)64(47-19-8-3-9-20-47)57-25-14-24-53-51-22-12-13-26-58(51)65-61(53)57/h1-40,53,61H/t53-,61?/m1/s1. The Kier molecular flexibility index (Phi) is 8.95. The van der Waals surface area contributed by atoms with Crippen LogP contribution in [0.1, 0.15) is 11.5 Å². The van der Waals surface area contributed by atoms with Crippen LogP contribution >= 0.6 is 0 Å². The molecule has 4 heteroatoms. The van der Waals surface area contributed by atoms with E-state index in [0.717, 1.165) is 94.8 Å². The number of para-hydroxylation sites is 4. The van der Waals surface area contributed by atoms with Gasteiger partial charge in [-0.05, 0) is 129 Å². The summed E-state index contributed by atoms with van der Waals surface area (Å²) >= 11 is 0. The molecule has 11 aromatic rings. The van der Waals surface area contributed by atoms with Crippen molar-refractivity contribution in [2.45, 2.75) is 12.0 Å². The molecule has 0 bridgehead atoms. The highest BCUT2D eigenvalue weighted by atomic mass is 16.5. The van der Waals surface area contributed by atoms with Gasteiger partial charge in [-0.15, -0.1) is 0 Å². The van der Waals surface area contributed by atoms with E-state index >= 15 is 0 Å². The number of hydrogen-bond acceptors (Lipinski definition) is 4. The van der Waals surface area contributed by atoms with E-state index in [2.05, 4.69) is 246 Å². The Bertz CT molecular complexity index is 3630. The second-order valence-electron chi connectivity index (χ2n) is 17.2. The first kappa shape index (κ1) is 37.9. The highest BCUT2D eigenvalue weighted by Gasteiger charge is 2.39. The Morgan fingerprint density at radius 1 is 0.379 bits per heavy atom. The number of fused-ring (bicyclic) bond motifs is 11. The summed E-state index contributed by atoms with van der Waals surface area (Å²) in [6.07, 6.45) is 6.52. The van der Waals surface area contributed by atoms with E-state index in [1.54, 1.807) is 0 Å². The maximum atomic E-state index is 6.91. The third kappa shape index (κ3) is 6.29. The summed E-state index contributed by atoms with van der Waals surface area (Å²) in [5, 5.41) is 6.92. The van der Waals surface area contributed by atoms with Gasteiger partial charge in [-0.1, -0.05) is 152 Å². The largest absolute Gasteiger partial charge is 0.483 e. The molecule has 1 aliphatic heterocycles. The van der Waals surface area contributed by atoms with Gasteiger partial charge in [-0.3, -0.25) is 0 Å². The van der Waals surface area contributed by atoms with Gasteiger partial charge in [-0.2, -0.15) is 0 Å². The number of furan rings is 1. The fourth-order valence-corrected chi connectivity index (χ4v) is 10.3. The highest BCUT2D eigenvalue weighted by molar-refractivity contribution is 6.30. The van der Waals surface area contributed by atoms with Crippen LogP contribution in [0, 0.1) is 0 Å². The summed E-state index contributed by atoms with van der Waals surface area (Å²) in [6, 6.07) is 80.0. The first-order valence-electron chi connectivity index (χ1n) is 22.6. The maximum Gasteiger partial charge on any atom is 0.149 e. The fraction of sp³-hybridized carbons (Fsp3) is 0.0323. The Labute approximate surface area is 383 Å². The normalized spacial score (nSPS) is 15.1. The lowest BCUT2D eigenvalue weighted by Gasteiger charge is -2.34. The summed E-state index contributed by atoms with van der Waals surface area (Å²) < 4.78 is 13.5. The van der Waals surface area contributed by atoms with Crippen LogP contribution in [0.25, 0.3) is 65.7 Å². The Morgan fingerprint density at radius 2 is 0.909 bits per heavy atom. The maximum absolute atomic E-state index is 6.91. The van der Waals surface area contributed by atoms with E-state index in [1.807, 2.05) is 6.07 Å². The summed E-state index contributed by atoms with van der Waals surface area (Å²) in [5.74, 6) is 1.13. The van der Waals surface area contributed by atoms with E-state index in [1.165, 1.54) is 16.3 Å². The van der Waals surface area contributed by atoms with E-state index in [-0.39, 0.29) is 12.0 Å². The number of rotatable bonds is 8. The van der Waals surface area contributed by atoms with E-state index in [4.69, 9.17) is 9.15 Å². The molecule has 0 fully saturated rings. The number of benzene rings is 10. The molecule has 2 atom stereocenters. The molecule has 66 heavy (non-hydrogen) atoms. The molecule has 0 amide bonds. The van der Waals surface area contributed by atoms with Crippen LogP contribution in [0.3, 0.4) is 0 Å². The molecule has 2 aliphatic rings. The van der Waals surface area contributed by atoms with Gasteiger partial charge >= 0.3 is 0 Å². The number of nitrogens with zero attached hydrogens (tertiary/aromatic N) is 2. The van der Waals surface area contributed by atoms with E-state index in [9.17, 15) is 0 Å². The zero-order chi connectivity index (χ0) is 43.6. The van der Waals surface area contributed by atoms with Crippen LogP contribution in [-0.4, -0.2) is 6.10 Å². The molecule has 0 spiro atoms. The van der Waals surface area contributed by atoms with Gasteiger partial charge in [0.05, 0.1) is 5.70 Å². The Morgan fingerprint density at radius 3 is 1.61 bits per heavy atom. The number of ether oxygens (including phenoxy) is 1. The second-order valence-corrected chi connectivity index (χ2v) is 17.2. The molecule has 2 heterocycles. The molecule has 4 nitrogen and oxygen atoms in total. The molecule has 10 aromatic carbocycles. The van der Waals surface area contributed by atoms with Crippen molar-refractivity contribution in [3.63, 3.8) is 0 Å². The van der Waals surface area contributed by atoms with Gasteiger partial charge in [0.2, 0.25) is 0 Å². The van der Waals surface area contributed by atoms with Crippen LogP contribution < -0.4 is 14.5 Å². The zero-order valence-electron chi connectivity index (χ0n) is 36.0. The minimum atomic E-state index is -0.109. The summed E-state index contributed by atoms with van der Waals surface area (Å²) in [5.41, 5.74) is 14.2. The van der Waals surface area contributed by atoms with Gasteiger partial charge in [0.25, 0.3) is 0 Å². The van der Waals surface area contributed by atoms with Gasteiger partial charge in [0, 0.05) is 56.1 Å². The Balaban J connectivity index is 0.828. The summed E-state index contributed by atoms with van der Waals surface area (Å²) in [4.78, 5) is 4.65. The SMILES string of the molecule is C1=C[C@@H]2c3ccccc3OC2C(N(c2ccccc2)c2ccc(-c3ccc(-c4ccc5c(c4)oc4c6ccc(N(c7ccccc7)c7ccccc7)cc6c6ccccc6c54)cc3)cc2)=C1. The van der Waals surface area contributed by atoms with Crippen molar-refractivity contribution >= 4 is 71.9 Å². The van der Waals surface area contributed by atoms with Gasteiger partial charge in [-0.25, -0.2) is 0 Å². The molecule has 0 N–H and O–H groups in total. The molecule has 0 saturated heterocycles. The third-order valence-corrected chi connectivity index (χ3v) is 13.4. The first-order valence-corrected chi connectivity index (χ1v) is 22.6. The van der Waals surface area contributed by atoms with Crippen molar-refractivity contribution in [3.8, 4) is 28.0 Å². The molecular weight excluding hydrogens is 805 g/mol. The van der Waals surface area contributed by atoms with Crippen molar-refractivity contribution in [2.24, 2.45) is 0 Å². The van der Waals surface area contributed by atoms with Gasteiger partial charge in [0.15, 0.2) is 0 Å². The molecule has 1 aliphatic carbocycles. The molecule has 0 radical (unpaired) electrons. The lowest BCUT2D eigenvalue weighted by Crippen LogP contribution is -2.32. The van der Waals surface area contributed by atoms with E-state index in [0.29, 0.717) is 0 Å². The smallest absolute Gasteiger partial charge is 0.149 e. The molecule has 1 aromatic heterocycles. The van der Waals surface area contributed by atoms with Crippen molar-refractivity contribution in [3.05, 3.63) is 254 Å². The first-order chi connectivity index (χ1) is 32.7. The number of allylic oxidation sites excluding steroid dienone is 2. The topological polar surface area (TPSA) is 28.9 Å². The van der Waals surface area contributed by atoms with Crippen molar-refractivity contribution in [2.75, 3.05) is 9.80 Å². The molecule has 1 unspecified atom stereocenters. The average Bonchev–Trinajstić information content (AvgIpc) is 3.97. The van der Waals surface area contributed by atoms with Crippen LogP contribution in [0.15, 0.2) is 253 Å². The lowest BCUT2D eigenvalue weighted by molar-refractivity contribution is 0.253. The van der Waals surface area contributed by atoms with Crippen LogP contribution in [0.4, 0.5) is 28.4 Å². The van der Waals surface area contributed by atoms with Crippen LogP contribution in [0.5, 0.6) is 5.75 Å². The van der Waals surface area contributed by atoms with Gasteiger partial charge < -0.3 is 19.0 Å². The molecular formula is C62H42N2O2. The highest BCUT2D eigenvalue weighted by Crippen LogP contribution is 2.48. The number of anilines is 5. The molecule has 312 valence electrons. The Hall–Kier alpha value is -8.60. The van der Waals surface area contributed by atoms with Crippen molar-refractivity contribution in [1.82, 2.24) is 0 Å². The summed E-state index contributed by atoms with van der Waals surface area (Å²) in [7, 11) is 0. The quantitative estimate of drug-likeness (QED) is 0.142. The predicted octanol–water partition coefficient (Wildman–Crippen LogP) is 16.8. The van der Waals surface area contributed by atoms with Crippen molar-refractivity contribution < 1.29 is 9.15 Å². The fourth-order valence-electron chi connectivity index (χ4n) is 10.3. The molecule has 13 rings (SSSR count). The van der Waals surface area contributed by atoms with Crippen LogP contribution in [-0.2, 0) is 0 Å². The summed E-state index contributed by atoms with van der Waals surface area (Å²) in [6.45, 7) is 0. The van der Waals surface area contributed by atoms with E-state index < -0.39 is 0 Å². The van der Waals surface area contributed by atoms with Gasteiger partial charge in [0.1, 0.15) is 23.0 Å². The minimum absolute atomic E-state index is 0.109. The lowest BCUT2D eigenvalue weighted by atomic mass is 9.89. The predicted molar refractivity (Wildman–Crippen MR) is 274 cm³/mol. The number of hydrogen-bond donors (Lipinski definition) is 0.